The lowest BCUT2D eigenvalue weighted by molar-refractivity contribution is -0.0732. The number of nitrogens with two attached hydrogens (primary N) is 2. The third-order valence-electron chi connectivity index (χ3n) is 4.78. The number of hydrogen-bond donors (Lipinski definition) is 8. The zero-order valence-corrected chi connectivity index (χ0v) is 20.1. The van der Waals surface area contributed by atoms with E-state index in [1.807, 2.05) is 0 Å². The zero-order chi connectivity index (χ0) is 26.6. The molecule has 2 aromatic rings. The van der Waals surface area contributed by atoms with Crippen molar-refractivity contribution in [1.29, 1.82) is 0 Å². The van der Waals surface area contributed by atoms with E-state index in [4.69, 9.17) is 32.4 Å². The molecule has 0 saturated carbocycles. The highest BCUT2D eigenvalue weighted by atomic mass is 31.3. The SMILES string of the molecule is C#CC1(N)[C@@H](O)[C@@H]([C@H](C)OP(=O)(O)OP(=O)(O)OP(=O)(O)O)O[C@H]1n1ccc2c(=O)[nH]c(N)nc21. The van der Waals surface area contributed by atoms with Crippen LogP contribution in [0.1, 0.15) is 13.2 Å². The number of anilines is 1. The van der Waals surface area contributed by atoms with Crippen molar-refractivity contribution in [1.82, 2.24) is 14.5 Å². The van der Waals surface area contributed by atoms with Crippen LogP contribution in [0.25, 0.3) is 11.0 Å². The van der Waals surface area contributed by atoms with Crippen LogP contribution in [0.2, 0.25) is 0 Å². The maximum atomic E-state index is 12.1. The number of phosphoric ester groups is 1. The first kappa shape index (κ1) is 27.7. The number of nitrogen functional groups attached to an aromatic ring is 1. The van der Waals surface area contributed by atoms with Gasteiger partial charge in [-0.1, -0.05) is 5.92 Å². The van der Waals surface area contributed by atoms with Gasteiger partial charge in [-0.15, -0.1) is 6.42 Å². The number of aromatic nitrogens is 3. The number of phosphoric acid groups is 3. The number of ether oxygens (including phenoxy) is 1. The van der Waals surface area contributed by atoms with Gasteiger partial charge < -0.3 is 45.5 Å². The first-order chi connectivity index (χ1) is 15.9. The number of terminal acetylenes is 1. The fraction of sp³-hybridized carbons (Fsp3) is 0.429. The van der Waals surface area contributed by atoms with E-state index < -0.39 is 59.1 Å². The van der Waals surface area contributed by atoms with Gasteiger partial charge in [0.05, 0.1) is 11.5 Å². The maximum absolute atomic E-state index is 12.1. The van der Waals surface area contributed by atoms with Crippen LogP contribution in [0, 0.1) is 12.3 Å². The molecule has 21 heteroatoms. The monoisotopic (exact) mass is 559 g/mol. The highest BCUT2D eigenvalue weighted by Crippen LogP contribution is 2.66. The third kappa shape index (κ3) is 5.74. The predicted molar refractivity (Wildman–Crippen MR) is 115 cm³/mol. The number of nitrogens with zero attached hydrogens (tertiary/aromatic N) is 2. The normalized spacial score (nSPS) is 29.4. The standard InChI is InChI=1S/C14H20N5O13P3/c1-3-14(16)9(20)8(6(2)30-34(25,26)32-35(27,28)31-33(22,23)24)29-12(14)19-5-4-7-10(19)17-13(15)18-11(7)21/h1,4-6,8-9,12,20H,16H2,2H3,(H,25,26)(H,27,28)(H2,22,23,24)(H3,15,17,18,21)/t6-,8+,9-,12+,14?/m0/s1. The quantitative estimate of drug-likeness (QED) is 0.137. The molecule has 1 fully saturated rings. The Bertz CT molecular complexity index is 1380. The van der Waals surface area contributed by atoms with E-state index >= 15 is 0 Å². The minimum Gasteiger partial charge on any atom is -0.387 e. The summed E-state index contributed by atoms with van der Waals surface area (Å²) in [6.07, 6.45) is 0.397. The van der Waals surface area contributed by atoms with E-state index in [2.05, 4.69) is 29.0 Å². The second-order valence-electron chi connectivity index (χ2n) is 7.29. The van der Waals surface area contributed by atoms with Gasteiger partial charge in [-0.2, -0.15) is 13.6 Å². The minimum absolute atomic E-state index is 0.0188. The van der Waals surface area contributed by atoms with E-state index in [1.165, 1.54) is 16.8 Å². The number of fused-ring (bicyclic) bond motifs is 1. The summed E-state index contributed by atoms with van der Waals surface area (Å²) in [6.45, 7) is 1.07. The van der Waals surface area contributed by atoms with E-state index in [-0.39, 0.29) is 17.0 Å². The Balaban J connectivity index is 1.89. The molecule has 35 heavy (non-hydrogen) atoms. The summed E-state index contributed by atoms with van der Waals surface area (Å²) in [6, 6.07) is 1.34. The number of hydrogen-bond acceptors (Lipinski definition) is 12. The van der Waals surface area contributed by atoms with Gasteiger partial charge in [-0.05, 0) is 13.0 Å². The molecule has 194 valence electrons. The molecule has 0 spiro atoms. The van der Waals surface area contributed by atoms with Crippen LogP contribution in [0.5, 0.6) is 0 Å². The molecule has 7 atom stereocenters. The average molecular weight is 559 g/mol. The van der Waals surface area contributed by atoms with Crippen LogP contribution in [0.15, 0.2) is 17.1 Å². The minimum atomic E-state index is -5.78. The molecular weight excluding hydrogens is 539 g/mol. The van der Waals surface area contributed by atoms with Gasteiger partial charge in [0, 0.05) is 6.20 Å². The molecule has 3 rings (SSSR count). The molecular formula is C14H20N5O13P3. The molecule has 10 N–H and O–H groups in total. The smallest absolute Gasteiger partial charge is 0.387 e. The largest absolute Gasteiger partial charge is 0.490 e. The Morgan fingerprint density at radius 3 is 2.49 bits per heavy atom. The number of nitrogens with one attached hydrogen (secondary N) is 1. The van der Waals surface area contributed by atoms with Crippen molar-refractivity contribution >= 4 is 40.4 Å². The lowest BCUT2D eigenvalue weighted by Crippen LogP contribution is -2.54. The zero-order valence-electron chi connectivity index (χ0n) is 17.4. The van der Waals surface area contributed by atoms with Gasteiger partial charge in [-0.25, -0.2) is 13.7 Å². The van der Waals surface area contributed by atoms with E-state index in [1.54, 1.807) is 0 Å². The third-order valence-corrected chi connectivity index (χ3v) is 8.70. The van der Waals surface area contributed by atoms with Crippen molar-refractivity contribution < 1.29 is 56.3 Å². The Kier molecular flexibility index (Phi) is 7.25. The van der Waals surface area contributed by atoms with E-state index in [9.17, 15) is 33.4 Å². The molecule has 0 aliphatic carbocycles. The average Bonchev–Trinajstić information content (AvgIpc) is 3.18. The van der Waals surface area contributed by atoms with Crippen molar-refractivity contribution in [2.45, 2.75) is 37.0 Å². The van der Waals surface area contributed by atoms with Crippen LogP contribution in [0.3, 0.4) is 0 Å². The summed E-state index contributed by atoms with van der Waals surface area (Å²) in [5.41, 5.74) is 9.12. The Labute approximate surface area is 195 Å². The lowest BCUT2D eigenvalue weighted by atomic mass is 9.90. The molecule has 0 radical (unpaired) electrons. The van der Waals surface area contributed by atoms with Crippen molar-refractivity contribution in [3.63, 3.8) is 0 Å². The molecule has 0 aromatic carbocycles. The fourth-order valence-corrected chi connectivity index (χ4v) is 6.59. The van der Waals surface area contributed by atoms with Gasteiger partial charge in [0.15, 0.2) is 17.4 Å². The Morgan fingerprint density at radius 2 is 1.91 bits per heavy atom. The topological polar surface area (TPSA) is 292 Å². The molecule has 1 aliphatic heterocycles. The van der Waals surface area contributed by atoms with Gasteiger partial charge in [0.2, 0.25) is 5.95 Å². The number of aliphatic hydroxyl groups excluding tert-OH is 1. The van der Waals surface area contributed by atoms with Crippen LogP contribution in [-0.4, -0.2) is 63.1 Å². The van der Waals surface area contributed by atoms with E-state index in [0.717, 1.165) is 6.92 Å². The second-order valence-corrected chi connectivity index (χ2v) is 11.7. The molecule has 1 saturated heterocycles. The fourth-order valence-electron chi connectivity index (χ4n) is 3.39. The highest BCUT2D eigenvalue weighted by Gasteiger charge is 2.57. The van der Waals surface area contributed by atoms with Crippen LogP contribution in [0.4, 0.5) is 5.95 Å². The van der Waals surface area contributed by atoms with Crippen LogP contribution < -0.4 is 17.0 Å². The molecule has 3 unspecified atom stereocenters. The number of H-pyrrole nitrogens is 1. The molecule has 2 aromatic heterocycles. The van der Waals surface area contributed by atoms with Crippen molar-refractivity contribution in [2.24, 2.45) is 5.73 Å². The number of aromatic amines is 1. The summed E-state index contributed by atoms with van der Waals surface area (Å²) in [5.74, 6) is 1.91. The molecule has 1 aliphatic rings. The van der Waals surface area contributed by atoms with Crippen LogP contribution >= 0.6 is 23.5 Å². The highest BCUT2D eigenvalue weighted by molar-refractivity contribution is 7.66. The van der Waals surface area contributed by atoms with Crippen molar-refractivity contribution in [3.8, 4) is 12.3 Å². The summed E-state index contributed by atoms with van der Waals surface area (Å²) in [4.78, 5) is 54.6. The van der Waals surface area contributed by atoms with Gasteiger partial charge in [-0.3, -0.25) is 14.3 Å². The molecule has 0 amide bonds. The summed E-state index contributed by atoms with van der Waals surface area (Å²) in [5, 5.41) is 10.8. The molecule has 3 heterocycles. The molecule has 18 nitrogen and oxygen atoms in total. The molecule has 0 bridgehead atoms. The first-order valence-electron chi connectivity index (χ1n) is 9.18. The number of aliphatic hydroxyl groups is 1. The van der Waals surface area contributed by atoms with Gasteiger partial charge >= 0.3 is 23.5 Å². The lowest BCUT2D eigenvalue weighted by Gasteiger charge is -2.28. The second kappa shape index (κ2) is 9.18. The Morgan fingerprint density at radius 1 is 1.29 bits per heavy atom. The summed E-state index contributed by atoms with van der Waals surface area (Å²) >= 11 is 0. The van der Waals surface area contributed by atoms with Crippen molar-refractivity contribution in [3.05, 3.63) is 22.6 Å². The van der Waals surface area contributed by atoms with Crippen LogP contribution in [-0.2, 0) is 31.6 Å². The van der Waals surface area contributed by atoms with Crippen molar-refractivity contribution in [2.75, 3.05) is 5.73 Å². The Hall–Kier alpha value is -1.93. The van der Waals surface area contributed by atoms with Gasteiger partial charge in [0.1, 0.15) is 12.2 Å². The number of rotatable bonds is 8. The maximum Gasteiger partial charge on any atom is 0.490 e. The predicted octanol–water partition coefficient (Wildman–Crippen LogP) is -1.37. The summed E-state index contributed by atoms with van der Waals surface area (Å²) in [7, 11) is -16.9. The first-order valence-corrected chi connectivity index (χ1v) is 13.7. The van der Waals surface area contributed by atoms with E-state index in [0.29, 0.717) is 0 Å². The van der Waals surface area contributed by atoms with Gasteiger partial charge in [0.25, 0.3) is 5.56 Å². The summed E-state index contributed by atoms with van der Waals surface area (Å²) < 4.78 is 53.3.